The van der Waals surface area contributed by atoms with Gasteiger partial charge in [-0.25, -0.2) is 4.79 Å². The van der Waals surface area contributed by atoms with Crippen LogP contribution in [-0.4, -0.2) is 58.1 Å². The minimum Gasteiger partial charge on any atom is -0.480 e. The van der Waals surface area contributed by atoms with E-state index < -0.39 is 47.5 Å². The molecule has 10 nitrogen and oxygen atoms in total. The summed E-state index contributed by atoms with van der Waals surface area (Å²) < 4.78 is 0. The molecule has 2 aromatic rings. The summed E-state index contributed by atoms with van der Waals surface area (Å²) in [6, 6.07) is 13.9. The van der Waals surface area contributed by atoms with E-state index in [9.17, 15) is 38.7 Å². The predicted octanol–water partition coefficient (Wildman–Crippen LogP) is 8.80. The molecule has 4 atom stereocenters. The Kier molecular flexibility index (Phi) is 22.5. The normalized spacial score (nSPS) is 13.2. The number of amides is 2. The Bertz CT molecular complexity index is 1570. The van der Waals surface area contributed by atoms with E-state index in [0.29, 0.717) is 31.2 Å². The first kappa shape index (κ1) is 47.7. The predicted molar refractivity (Wildman–Crippen MR) is 220 cm³/mol. The second kappa shape index (κ2) is 26.4. The van der Waals surface area contributed by atoms with E-state index in [-0.39, 0.29) is 62.3 Å². The molecule has 2 amide bonds. The molecule has 56 heavy (non-hydrogen) atoms. The second-order valence-corrected chi connectivity index (χ2v) is 15.4. The molecule has 0 aliphatic rings. The lowest BCUT2D eigenvalue weighted by molar-refractivity contribution is -0.142. The maximum Gasteiger partial charge on any atom is 0.326 e. The van der Waals surface area contributed by atoms with Crippen LogP contribution in [0.4, 0.5) is 0 Å². The minimum absolute atomic E-state index is 0.0310. The highest BCUT2D eigenvalue weighted by Crippen LogP contribution is 2.23. The number of ketones is 4. The van der Waals surface area contributed by atoms with Gasteiger partial charge in [-0.15, -0.1) is 0 Å². The highest BCUT2D eigenvalue weighted by atomic mass is 16.4. The fourth-order valence-corrected chi connectivity index (χ4v) is 6.68. The number of carbonyl (C=O) groups excluding carboxylic acids is 6. The molecule has 0 saturated carbocycles. The van der Waals surface area contributed by atoms with Crippen molar-refractivity contribution in [2.24, 2.45) is 11.8 Å². The number of hydrogen-bond acceptors (Lipinski definition) is 7. The summed E-state index contributed by atoms with van der Waals surface area (Å²) in [5.74, 6) is -4.51. The van der Waals surface area contributed by atoms with Gasteiger partial charge in [-0.1, -0.05) is 121 Å². The third-order valence-electron chi connectivity index (χ3n) is 10.3. The number of hydrogen-bond donors (Lipinski definition) is 3. The lowest BCUT2D eigenvalue weighted by Gasteiger charge is -2.23. The van der Waals surface area contributed by atoms with Gasteiger partial charge in [0.2, 0.25) is 11.8 Å². The van der Waals surface area contributed by atoms with Gasteiger partial charge in [0, 0.05) is 49.5 Å². The van der Waals surface area contributed by atoms with Gasteiger partial charge in [-0.3, -0.25) is 24.0 Å². The van der Waals surface area contributed by atoms with Crippen LogP contribution >= 0.6 is 0 Å². The molecule has 0 spiro atoms. The van der Waals surface area contributed by atoms with Gasteiger partial charge in [0.1, 0.15) is 17.6 Å². The number of aryl methyl sites for hydroxylation is 1. The van der Waals surface area contributed by atoms with Crippen LogP contribution in [0.5, 0.6) is 0 Å². The molecule has 0 fully saturated rings. The zero-order chi connectivity index (χ0) is 41.5. The first-order valence-corrected chi connectivity index (χ1v) is 20.9. The van der Waals surface area contributed by atoms with Crippen LogP contribution in [0.2, 0.25) is 0 Å². The maximum atomic E-state index is 13.7. The molecule has 0 aliphatic heterocycles. The SMILES string of the molecule is CCCCC[C@H](CC(=O)CCCC(=O)c1ccc(-c2ccc(CCCC)cc2)cc1)C(=O)N[C@@H](CCC(C)=O)C(=O)C[C@@H](C)C(=O)N[C@@H](CCCCC)C(=O)O. The molecule has 308 valence electrons. The Labute approximate surface area is 334 Å². The lowest BCUT2D eigenvalue weighted by Crippen LogP contribution is -2.47. The Morgan fingerprint density at radius 2 is 1.18 bits per heavy atom. The Morgan fingerprint density at radius 1 is 0.607 bits per heavy atom. The van der Waals surface area contributed by atoms with Crippen LogP contribution in [0.25, 0.3) is 11.1 Å². The molecule has 2 aromatic carbocycles. The molecular weight excluding hydrogens is 709 g/mol. The monoisotopic (exact) mass is 774 g/mol. The number of nitrogens with one attached hydrogen (secondary N) is 2. The topological polar surface area (TPSA) is 164 Å². The molecule has 0 unspecified atom stereocenters. The van der Waals surface area contributed by atoms with Crippen molar-refractivity contribution in [1.29, 1.82) is 0 Å². The number of benzene rings is 2. The first-order chi connectivity index (χ1) is 26.8. The summed E-state index contributed by atoms with van der Waals surface area (Å²) in [5, 5.41) is 14.9. The number of carboxylic acids is 1. The molecule has 10 heteroatoms. The summed E-state index contributed by atoms with van der Waals surface area (Å²) in [4.78, 5) is 89.8. The van der Waals surface area contributed by atoms with E-state index in [0.717, 1.165) is 56.1 Å². The average molecular weight is 775 g/mol. The molecule has 0 bridgehead atoms. The number of rotatable bonds is 30. The third kappa shape index (κ3) is 18.0. The number of carbonyl (C=O) groups is 7. The van der Waals surface area contributed by atoms with Crippen molar-refractivity contribution in [3.63, 3.8) is 0 Å². The number of Topliss-reactive ketones (excluding diaryl/α,β-unsaturated/α-hetero) is 4. The van der Waals surface area contributed by atoms with Gasteiger partial charge in [0.25, 0.3) is 0 Å². The van der Waals surface area contributed by atoms with Crippen molar-refractivity contribution in [3.05, 3.63) is 59.7 Å². The van der Waals surface area contributed by atoms with Crippen LogP contribution in [-0.2, 0) is 35.2 Å². The summed E-state index contributed by atoms with van der Waals surface area (Å²) in [5.41, 5.74) is 4.00. The third-order valence-corrected chi connectivity index (χ3v) is 10.3. The van der Waals surface area contributed by atoms with Crippen LogP contribution < -0.4 is 10.6 Å². The summed E-state index contributed by atoms with van der Waals surface area (Å²) in [7, 11) is 0. The van der Waals surface area contributed by atoms with Gasteiger partial charge >= 0.3 is 5.97 Å². The van der Waals surface area contributed by atoms with E-state index >= 15 is 0 Å². The molecule has 3 N–H and O–H groups in total. The summed E-state index contributed by atoms with van der Waals surface area (Å²) >= 11 is 0. The standard InChI is InChI=1S/C46H66N2O8/c1-6-9-12-16-38(31-39(50)17-14-19-42(51)37-27-25-36(26-28-37)35-23-21-34(22-24-35)15-11-8-3)45(54)47-40(29-20-33(5)49)43(52)30-32(4)44(53)48-41(46(55)56)18-13-10-7-2/h21-28,32,38,40-41H,6-20,29-31H2,1-5H3,(H,47,54)(H,48,53)(H,55,56)/t32-,38-,40+,41+/m1/s1. The molecule has 0 aliphatic carbocycles. The molecule has 0 heterocycles. The van der Waals surface area contributed by atoms with Crippen LogP contribution in [0.1, 0.15) is 160 Å². The zero-order valence-corrected chi connectivity index (χ0v) is 34.5. The van der Waals surface area contributed by atoms with E-state index in [1.54, 1.807) is 0 Å². The zero-order valence-electron chi connectivity index (χ0n) is 34.5. The molecule has 0 aromatic heterocycles. The quantitative estimate of drug-likeness (QED) is 0.0524. The summed E-state index contributed by atoms with van der Waals surface area (Å²) in [6.07, 6.45) is 9.46. The lowest BCUT2D eigenvalue weighted by atomic mass is 9.91. The maximum absolute atomic E-state index is 13.7. The Hall–Kier alpha value is -4.47. The fourth-order valence-electron chi connectivity index (χ4n) is 6.68. The van der Waals surface area contributed by atoms with Gasteiger partial charge in [0.05, 0.1) is 6.04 Å². The average Bonchev–Trinajstić information content (AvgIpc) is 3.17. The highest BCUT2D eigenvalue weighted by Gasteiger charge is 2.30. The van der Waals surface area contributed by atoms with Gasteiger partial charge in [-0.2, -0.15) is 0 Å². The van der Waals surface area contributed by atoms with Crippen LogP contribution in [0.3, 0.4) is 0 Å². The minimum atomic E-state index is -1.14. The first-order valence-electron chi connectivity index (χ1n) is 20.9. The highest BCUT2D eigenvalue weighted by molar-refractivity contribution is 5.97. The Balaban J connectivity index is 2.00. The number of unbranched alkanes of at least 4 members (excludes halogenated alkanes) is 5. The summed E-state index contributed by atoms with van der Waals surface area (Å²) in [6.45, 7) is 9.13. The fraction of sp³-hybridized carbons (Fsp3) is 0.587. The largest absolute Gasteiger partial charge is 0.480 e. The number of aliphatic carboxylic acids is 1. The smallest absolute Gasteiger partial charge is 0.326 e. The van der Waals surface area contributed by atoms with Crippen molar-refractivity contribution in [2.45, 2.75) is 162 Å². The van der Waals surface area contributed by atoms with E-state index in [4.69, 9.17) is 0 Å². The molecular formula is C46H66N2O8. The van der Waals surface area contributed by atoms with Crippen LogP contribution in [0, 0.1) is 11.8 Å². The molecule has 0 saturated heterocycles. The number of carboxylic acid groups (broad SMARTS) is 1. The van der Waals surface area contributed by atoms with E-state index in [1.165, 1.54) is 19.4 Å². The van der Waals surface area contributed by atoms with Crippen molar-refractivity contribution < 1.29 is 38.7 Å². The van der Waals surface area contributed by atoms with Crippen molar-refractivity contribution >= 4 is 40.9 Å². The molecule has 2 rings (SSSR count). The van der Waals surface area contributed by atoms with Gasteiger partial charge in [-0.05, 0) is 62.1 Å². The van der Waals surface area contributed by atoms with Crippen molar-refractivity contribution in [1.82, 2.24) is 10.6 Å². The molecule has 0 radical (unpaired) electrons. The van der Waals surface area contributed by atoms with Crippen molar-refractivity contribution in [2.75, 3.05) is 0 Å². The second-order valence-electron chi connectivity index (χ2n) is 15.4. The van der Waals surface area contributed by atoms with E-state index in [2.05, 4.69) is 41.8 Å². The van der Waals surface area contributed by atoms with Crippen LogP contribution in [0.15, 0.2) is 48.5 Å². The van der Waals surface area contributed by atoms with E-state index in [1.807, 2.05) is 38.1 Å². The van der Waals surface area contributed by atoms with Gasteiger partial charge in [0.15, 0.2) is 11.6 Å². The van der Waals surface area contributed by atoms with Gasteiger partial charge < -0.3 is 20.5 Å². The Morgan fingerprint density at radius 3 is 1.75 bits per heavy atom. The van der Waals surface area contributed by atoms with Crippen molar-refractivity contribution in [3.8, 4) is 11.1 Å².